The summed E-state index contributed by atoms with van der Waals surface area (Å²) < 4.78 is 5.32. The minimum absolute atomic E-state index is 0.0457. The highest BCUT2D eigenvalue weighted by molar-refractivity contribution is 7.14. The lowest BCUT2D eigenvalue weighted by atomic mass is 10.2. The summed E-state index contributed by atoms with van der Waals surface area (Å²) in [5.74, 6) is 5.88. The largest absolute Gasteiger partial charge is 0.379 e. The molecule has 0 aromatic carbocycles. The smallest absolute Gasteiger partial charge is 0.264 e. The zero-order chi connectivity index (χ0) is 13.8. The summed E-state index contributed by atoms with van der Waals surface area (Å²) in [6.07, 6.45) is 0.909. The molecule has 1 fully saturated rings. The van der Waals surface area contributed by atoms with E-state index >= 15 is 0 Å². The van der Waals surface area contributed by atoms with E-state index in [0.717, 1.165) is 28.3 Å². The van der Waals surface area contributed by atoms with E-state index in [1.165, 1.54) is 11.3 Å². The standard InChI is InChI=1S/C14H18N2O2S/c1-10-8-13(19-12(10)4-3-6-15)14(17)16(2)11-5-7-18-9-11/h8,11H,5-7,9,15H2,1-2H3. The third kappa shape index (κ3) is 3.16. The van der Waals surface area contributed by atoms with Crippen molar-refractivity contribution in [3.8, 4) is 11.8 Å². The molecule has 102 valence electrons. The second-order valence-electron chi connectivity index (χ2n) is 4.56. The van der Waals surface area contributed by atoms with Gasteiger partial charge < -0.3 is 15.4 Å². The van der Waals surface area contributed by atoms with Crippen LogP contribution in [0.3, 0.4) is 0 Å². The maximum Gasteiger partial charge on any atom is 0.264 e. The first kappa shape index (κ1) is 14.1. The highest BCUT2D eigenvalue weighted by atomic mass is 32.1. The quantitative estimate of drug-likeness (QED) is 0.828. The van der Waals surface area contributed by atoms with Gasteiger partial charge in [-0.1, -0.05) is 11.8 Å². The van der Waals surface area contributed by atoms with Crippen molar-refractivity contribution in [3.63, 3.8) is 0 Å². The van der Waals surface area contributed by atoms with E-state index in [0.29, 0.717) is 13.2 Å². The number of ether oxygens (including phenoxy) is 1. The van der Waals surface area contributed by atoms with Crippen molar-refractivity contribution < 1.29 is 9.53 Å². The molecule has 1 aromatic rings. The fourth-order valence-electron chi connectivity index (χ4n) is 2.01. The van der Waals surface area contributed by atoms with Crippen LogP contribution in [-0.4, -0.2) is 43.7 Å². The number of carbonyl (C=O) groups is 1. The minimum atomic E-state index is 0.0457. The summed E-state index contributed by atoms with van der Waals surface area (Å²) in [4.78, 5) is 15.8. The van der Waals surface area contributed by atoms with E-state index in [2.05, 4.69) is 11.8 Å². The van der Waals surface area contributed by atoms with E-state index in [-0.39, 0.29) is 11.9 Å². The van der Waals surface area contributed by atoms with Crippen LogP contribution in [0, 0.1) is 18.8 Å². The van der Waals surface area contributed by atoms with Gasteiger partial charge >= 0.3 is 0 Å². The fourth-order valence-corrected chi connectivity index (χ4v) is 3.04. The number of nitrogens with two attached hydrogens (primary N) is 1. The van der Waals surface area contributed by atoms with Gasteiger partial charge in [0.05, 0.1) is 28.9 Å². The van der Waals surface area contributed by atoms with E-state index in [1.54, 1.807) is 4.90 Å². The molecular weight excluding hydrogens is 260 g/mol. The van der Waals surface area contributed by atoms with Crippen molar-refractivity contribution in [2.45, 2.75) is 19.4 Å². The van der Waals surface area contributed by atoms with E-state index in [4.69, 9.17) is 10.5 Å². The second-order valence-corrected chi connectivity index (χ2v) is 5.61. The first-order chi connectivity index (χ1) is 9.13. The lowest BCUT2D eigenvalue weighted by Crippen LogP contribution is -2.36. The Balaban J connectivity index is 2.14. The summed E-state index contributed by atoms with van der Waals surface area (Å²) in [5.41, 5.74) is 6.40. The van der Waals surface area contributed by atoms with Crippen LogP contribution in [0.5, 0.6) is 0 Å². The predicted octanol–water partition coefficient (Wildman–Crippen LogP) is 1.23. The zero-order valence-electron chi connectivity index (χ0n) is 11.2. The van der Waals surface area contributed by atoms with Crippen molar-refractivity contribution in [2.24, 2.45) is 5.73 Å². The molecule has 1 unspecified atom stereocenters. The monoisotopic (exact) mass is 278 g/mol. The van der Waals surface area contributed by atoms with Crippen LogP contribution in [-0.2, 0) is 4.74 Å². The van der Waals surface area contributed by atoms with Gasteiger partial charge in [-0.05, 0) is 25.0 Å². The summed E-state index contributed by atoms with van der Waals surface area (Å²) >= 11 is 1.43. The van der Waals surface area contributed by atoms with Crippen LogP contribution in [0.25, 0.3) is 0 Å². The Morgan fingerprint density at radius 3 is 3.11 bits per heavy atom. The van der Waals surface area contributed by atoms with Gasteiger partial charge in [0.25, 0.3) is 5.91 Å². The topological polar surface area (TPSA) is 55.6 Å². The molecule has 2 N–H and O–H groups in total. The van der Waals surface area contributed by atoms with Crippen LogP contribution in [0.1, 0.15) is 26.5 Å². The van der Waals surface area contributed by atoms with Crippen molar-refractivity contribution in [3.05, 3.63) is 21.4 Å². The van der Waals surface area contributed by atoms with Crippen LogP contribution in [0.4, 0.5) is 0 Å². The molecule has 0 aliphatic carbocycles. The number of likely N-dealkylation sites (N-methyl/N-ethyl adjacent to an activating group) is 1. The Hall–Kier alpha value is -1.35. The van der Waals surface area contributed by atoms with Crippen LogP contribution >= 0.6 is 11.3 Å². The number of hydrogen-bond donors (Lipinski definition) is 1. The molecule has 2 heterocycles. The molecule has 1 aliphatic rings. The number of carbonyl (C=O) groups excluding carboxylic acids is 1. The van der Waals surface area contributed by atoms with Crippen molar-refractivity contribution in [2.75, 3.05) is 26.8 Å². The lowest BCUT2D eigenvalue weighted by Gasteiger charge is -2.22. The molecule has 19 heavy (non-hydrogen) atoms. The molecule has 0 bridgehead atoms. The highest BCUT2D eigenvalue weighted by Crippen LogP contribution is 2.23. The molecule has 4 nitrogen and oxygen atoms in total. The molecule has 1 aromatic heterocycles. The lowest BCUT2D eigenvalue weighted by molar-refractivity contribution is 0.0716. The number of rotatable bonds is 2. The first-order valence-electron chi connectivity index (χ1n) is 6.27. The average molecular weight is 278 g/mol. The van der Waals surface area contributed by atoms with Gasteiger partial charge in [0.2, 0.25) is 0 Å². The summed E-state index contributed by atoms with van der Waals surface area (Å²) in [7, 11) is 1.84. The second kappa shape index (κ2) is 6.20. The van der Waals surface area contributed by atoms with Gasteiger partial charge in [-0.15, -0.1) is 11.3 Å². The predicted molar refractivity (Wildman–Crippen MR) is 76.3 cm³/mol. The Labute approximate surface area is 117 Å². The number of aryl methyl sites for hydroxylation is 1. The zero-order valence-corrected chi connectivity index (χ0v) is 12.0. The number of amides is 1. The summed E-state index contributed by atoms with van der Waals surface area (Å²) in [5, 5.41) is 0. The van der Waals surface area contributed by atoms with Gasteiger partial charge in [0.15, 0.2) is 0 Å². The summed E-state index contributed by atoms with van der Waals surface area (Å²) in [6.45, 7) is 3.66. The van der Waals surface area contributed by atoms with Crippen molar-refractivity contribution >= 4 is 17.2 Å². The van der Waals surface area contributed by atoms with Gasteiger partial charge in [-0.3, -0.25) is 4.79 Å². The molecule has 2 rings (SSSR count). The van der Waals surface area contributed by atoms with Crippen molar-refractivity contribution in [1.29, 1.82) is 0 Å². The molecule has 0 saturated carbocycles. The van der Waals surface area contributed by atoms with Gasteiger partial charge in [0, 0.05) is 13.7 Å². The van der Waals surface area contributed by atoms with E-state index in [9.17, 15) is 4.79 Å². The first-order valence-corrected chi connectivity index (χ1v) is 7.09. The molecule has 5 heteroatoms. The summed E-state index contributed by atoms with van der Waals surface area (Å²) in [6, 6.07) is 2.09. The van der Waals surface area contributed by atoms with E-state index < -0.39 is 0 Å². The fraction of sp³-hybridized carbons (Fsp3) is 0.500. The molecule has 1 amide bonds. The van der Waals surface area contributed by atoms with Gasteiger partial charge in [0.1, 0.15) is 0 Å². The molecule has 1 atom stereocenters. The number of thiophene rings is 1. The Morgan fingerprint density at radius 2 is 2.47 bits per heavy atom. The third-order valence-electron chi connectivity index (χ3n) is 3.21. The minimum Gasteiger partial charge on any atom is -0.379 e. The normalized spacial score (nSPS) is 17.9. The third-order valence-corrected chi connectivity index (χ3v) is 4.35. The molecule has 1 aliphatic heterocycles. The average Bonchev–Trinajstić information content (AvgIpc) is 3.04. The van der Waals surface area contributed by atoms with Crippen LogP contribution < -0.4 is 5.73 Å². The SMILES string of the molecule is Cc1cc(C(=O)N(C)C2CCOC2)sc1C#CCN. The molecule has 0 radical (unpaired) electrons. The maximum atomic E-state index is 12.4. The van der Waals surface area contributed by atoms with Crippen LogP contribution in [0.2, 0.25) is 0 Å². The maximum absolute atomic E-state index is 12.4. The Kier molecular flexibility index (Phi) is 4.59. The number of hydrogen-bond acceptors (Lipinski definition) is 4. The van der Waals surface area contributed by atoms with Crippen LogP contribution in [0.15, 0.2) is 6.07 Å². The number of nitrogens with zero attached hydrogens (tertiary/aromatic N) is 1. The highest BCUT2D eigenvalue weighted by Gasteiger charge is 2.26. The van der Waals surface area contributed by atoms with Gasteiger partial charge in [-0.2, -0.15) is 0 Å². The molecule has 1 saturated heterocycles. The molecule has 0 spiro atoms. The Morgan fingerprint density at radius 1 is 1.68 bits per heavy atom. The van der Waals surface area contributed by atoms with E-state index in [1.807, 2.05) is 20.0 Å². The van der Waals surface area contributed by atoms with Gasteiger partial charge in [-0.25, -0.2) is 0 Å². The molecular formula is C14H18N2O2S. The van der Waals surface area contributed by atoms with Crippen molar-refractivity contribution in [1.82, 2.24) is 4.90 Å². The Bertz CT molecular complexity index is 521.